The minimum Gasteiger partial charge on any atom is -0.478 e. The predicted molar refractivity (Wildman–Crippen MR) is 88.2 cm³/mol. The van der Waals surface area contributed by atoms with Crippen LogP contribution >= 0.6 is 11.8 Å². The van der Waals surface area contributed by atoms with Crippen LogP contribution in [0, 0.1) is 10.1 Å². The van der Waals surface area contributed by atoms with Crippen molar-refractivity contribution in [1.29, 1.82) is 0 Å². The van der Waals surface area contributed by atoms with E-state index in [-0.39, 0.29) is 4.90 Å². The first kappa shape index (κ1) is 18.6. The lowest BCUT2D eigenvalue weighted by molar-refractivity contribution is -0.524. The zero-order valence-corrected chi connectivity index (χ0v) is 15.2. The Kier molecular flexibility index (Phi) is 4.05. The average molecular weight is 402 g/mol. The molecular formula is C14H14N2O8S2. The lowest BCUT2D eigenvalue weighted by atomic mass is 9.92. The molecule has 3 rings (SSSR count). The number of fused-ring (bicyclic) bond motifs is 1. The highest BCUT2D eigenvalue weighted by atomic mass is 32.2. The number of amides is 1. The largest absolute Gasteiger partial charge is 0.478 e. The van der Waals surface area contributed by atoms with Crippen LogP contribution in [0.2, 0.25) is 0 Å². The van der Waals surface area contributed by atoms with E-state index in [9.17, 15) is 33.2 Å². The summed E-state index contributed by atoms with van der Waals surface area (Å²) in [5.41, 5.74) is -2.60. The number of hydrogen-bond donors (Lipinski definition) is 1. The molecule has 2 heterocycles. The maximum absolute atomic E-state index is 12.6. The summed E-state index contributed by atoms with van der Waals surface area (Å²) >= 11 is 0.822. The number of rotatable bonds is 5. The summed E-state index contributed by atoms with van der Waals surface area (Å²) in [5, 5.41) is 19.7. The number of thioether (sulfide) groups is 1. The fourth-order valence-corrected chi connectivity index (χ4v) is 6.11. The van der Waals surface area contributed by atoms with Crippen molar-refractivity contribution in [1.82, 2.24) is 4.90 Å². The van der Waals surface area contributed by atoms with Crippen LogP contribution in [0.15, 0.2) is 35.2 Å². The monoisotopic (exact) mass is 402 g/mol. The fourth-order valence-electron chi connectivity index (χ4n) is 3.10. The molecule has 10 nitrogen and oxygen atoms in total. The molecule has 3 atom stereocenters. The van der Waals surface area contributed by atoms with Gasteiger partial charge in [0, 0.05) is 4.92 Å². The molecule has 0 bridgehead atoms. The number of β-lactam (4-membered cyclic amide) rings is 1. The van der Waals surface area contributed by atoms with Crippen molar-refractivity contribution < 1.29 is 32.2 Å². The van der Waals surface area contributed by atoms with E-state index in [1.165, 1.54) is 38.1 Å². The summed E-state index contributed by atoms with van der Waals surface area (Å²) < 4.78 is 28.9. The van der Waals surface area contributed by atoms with Gasteiger partial charge in [-0.15, -0.1) is 11.8 Å². The molecule has 1 N–H and O–H groups in total. The van der Waals surface area contributed by atoms with Gasteiger partial charge in [0.05, 0.1) is 9.64 Å². The summed E-state index contributed by atoms with van der Waals surface area (Å²) in [6, 6.07) is 5.23. The maximum atomic E-state index is 12.6. The van der Waals surface area contributed by atoms with E-state index in [0.717, 1.165) is 11.8 Å². The SMILES string of the molecule is CC1(C)S[C@@H]2[C@H]([N+](=O)[O-])C(=O)N2[C@@]1(OS(=O)(=O)c1ccccc1)C(=O)O. The van der Waals surface area contributed by atoms with E-state index in [4.69, 9.17) is 4.18 Å². The molecule has 0 spiro atoms. The van der Waals surface area contributed by atoms with Gasteiger partial charge in [-0.1, -0.05) is 18.2 Å². The number of carbonyl (C=O) groups is 2. The molecule has 2 fully saturated rings. The first-order valence-electron chi connectivity index (χ1n) is 7.34. The van der Waals surface area contributed by atoms with Gasteiger partial charge in [0.15, 0.2) is 5.37 Å². The van der Waals surface area contributed by atoms with Crippen LogP contribution in [0.5, 0.6) is 0 Å². The second-order valence-electron chi connectivity index (χ2n) is 6.26. The van der Waals surface area contributed by atoms with Crippen molar-refractivity contribution in [2.24, 2.45) is 0 Å². The van der Waals surface area contributed by atoms with E-state index in [1.54, 1.807) is 6.07 Å². The summed E-state index contributed by atoms with van der Waals surface area (Å²) in [5.74, 6) is -2.81. The number of hydrogen-bond acceptors (Lipinski definition) is 8. The van der Waals surface area contributed by atoms with Crippen molar-refractivity contribution in [3.63, 3.8) is 0 Å². The van der Waals surface area contributed by atoms with Crippen molar-refractivity contribution >= 4 is 33.8 Å². The van der Waals surface area contributed by atoms with Crippen LogP contribution in [0.1, 0.15) is 13.8 Å². The number of nitro groups is 1. The van der Waals surface area contributed by atoms with Crippen molar-refractivity contribution in [3.05, 3.63) is 40.4 Å². The Morgan fingerprint density at radius 1 is 1.35 bits per heavy atom. The fraction of sp³-hybridized carbons (Fsp3) is 0.429. The second kappa shape index (κ2) is 5.66. The Balaban J connectivity index is 2.10. The lowest BCUT2D eigenvalue weighted by Crippen LogP contribution is -2.75. The summed E-state index contributed by atoms with van der Waals surface area (Å²) in [6.45, 7) is 2.74. The molecule has 1 aromatic carbocycles. The molecule has 0 radical (unpaired) electrons. The van der Waals surface area contributed by atoms with Gasteiger partial charge in [-0.05, 0) is 26.0 Å². The zero-order valence-electron chi connectivity index (χ0n) is 13.6. The van der Waals surface area contributed by atoms with E-state index in [0.29, 0.717) is 4.90 Å². The minimum absolute atomic E-state index is 0.288. The number of carbonyl (C=O) groups excluding carboxylic acids is 1. The zero-order chi connectivity index (χ0) is 19.5. The number of carboxylic acid groups (broad SMARTS) is 1. The highest BCUT2D eigenvalue weighted by Crippen LogP contribution is 2.58. The second-order valence-corrected chi connectivity index (χ2v) is 9.54. The van der Waals surface area contributed by atoms with E-state index in [2.05, 4.69) is 0 Å². The van der Waals surface area contributed by atoms with Gasteiger partial charge in [-0.3, -0.25) is 19.8 Å². The van der Waals surface area contributed by atoms with Gasteiger partial charge in [0.1, 0.15) is 0 Å². The van der Waals surface area contributed by atoms with Crippen LogP contribution in [-0.2, 0) is 23.9 Å². The quantitative estimate of drug-likeness (QED) is 0.322. The maximum Gasteiger partial charge on any atom is 0.360 e. The first-order valence-corrected chi connectivity index (χ1v) is 9.63. The molecule has 2 aliphatic rings. The highest BCUT2D eigenvalue weighted by Gasteiger charge is 2.79. The highest BCUT2D eigenvalue weighted by molar-refractivity contribution is 8.01. The lowest BCUT2D eigenvalue weighted by Gasteiger charge is -2.44. The number of aliphatic carboxylic acids is 1. The van der Waals surface area contributed by atoms with Gasteiger partial charge in [-0.2, -0.15) is 8.42 Å². The Bertz CT molecular complexity index is 901. The molecule has 140 valence electrons. The normalized spacial score (nSPS) is 29.8. The van der Waals surface area contributed by atoms with Crippen LogP contribution in [0.4, 0.5) is 0 Å². The van der Waals surface area contributed by atoms with Gasteiger partial charge in [0.2, 0.25) is 0 Å². The predicted octanol–water partition coefficient (Wildman–Crippen LogP) is 0.512. The smallest absolute Gasteiger partial charge is 0.360 e. The van der Waals surface area contributed by atoms with Crippen molar-refractivity contribution in [2.75, 3.05) is 0 Å². The van der Waals surface area contributed by atoms with Crippen LogP contribution in [0.3, 0.4) is 0 Å². The van der Waals surface area contributed by atoms with Crippen molar-refractivity contribution in [3.8, 4) is 0 Å². The molecular weight excluding hydrogens is 388 g/mol. The third-order valence-electron chi connectivity index (χ3n) is 4.36. The first-order chi connectivity index (χ1) is 12.0. The number of carboxylic acids is 1. The topological polar surface area (TPSA) is 144 Å². The molecule has 0 unspecified atom stereocenters. The summed E-state index contributed by atoms with van der Waals surface area (Å²) in [7, 11) is -4.56. The molecule has 1 aromatic rings. The third-order valence-corrected chi connectivity index (χ3v) is 7.25. The molecule has 0 aromatic heterocycles. The summed E-state index contributed by atoms with van der Waals surface area (Å²) in [6.07, 6.45) is 0. The molecule has 2 saturated heterocycles. The molecule has 0 saturated carbocycles. The van der Waals surface area contributed by atoms with Gasteiger partial charge in [-0.25, -0.2) is 8.98 Å². The molecule has 2 aliphatic heterocycles. The number of nitrogens with zero attached hydrogens (tertiary/aromatic N) is 2. The Morgan fingerprint density at radius 2 is 1.92 bits per heavy atom. The molecule has 12 heteroatoms. The molecule has 1 amide bonds. The van der Waals surface area contributed by atoms with Gasteiger partial charge >= 0.3 is 17.9 Å². The van der Waals surface area contributed by atoms with E-state index >= 15 is 0 Å². The number of benzene rings is 1. The van der Waals surface area contributed by atoms with Gasteiger partial charge < -0.3 is 5.11 Å². The third kappa shape index (κ3) is 2.32. The Morgan fingerprint density at radius 3 is 2.42 bits per heavy atom. The van der Waals surface area contributed by atoms with Gasteiger partial charge in [0.25, 0.3) is 15.8 Å². The molecule has 0 aliphatic carbocycles. The minimum atomic E-state index is -4.56. The van der Waals surface area contributed by atoms with Crippen molar-refractivity contribution in [2.45, 2.75) is 40.6 Å². The van der Waals surface area contributed by atoms with Crippen LogP contribution in [0.25, 0.3) is 0 Å². The molecule has 26 heavy (non-hydrogen) atoms. The Labute approximate surface area is 152 Å². The Hall–Kier alpha value is -2.18. The standard InChI is InChI=1S/C14H14N2O8S2/c1-13(2)14(12(18)19,15-10(17)9(16(20)21)11(15)25-13)24-26(22,23)8-6-4-3-5-7-8/h3-7,9,11H,1-2H3,(H,18,19)/t9-,11-,14-/m1/s1. The van der Waals surface area contributed by atoms with E-state index in [1.807, 2.05) is 0 Å². The average Bonchev–Trinajstić information content (AvgIpc) is 2.72. The van der Waals surface area contributed by atoms with E-state index < -0.39 is 48.8 Å². The van der Waals surface area contributed by atoms with Crippen LogP contribution < -0.4 is 0 Å². The van der Waals surface area contributed by atoms with Crippen LogP contribution in [-0.4, -0.2) is 57.1 Å². The summed E-state index contributed by atoms with van der Waals surface area (Å²) in [4.78, 5) is 35.0.